The molecule has 17 heavy (non-hydrogen) atoms. The monoisotopic (exact) mass is 246 g/mol. The van der Waals surface area contributed by atoms with Crippen LogP contribution < -0.4 is 5.73 Å². The normalized spacial score (nSPS) is 12.4. The average Bonchev–Trinajstić information content (AvgIpc) is 2.32. The van der Waals surface area contributed by atoms with Crippen LogP contribution in [-0.2, 0) is 6.42 Å². The summed E-state index contributed by atoms with van der Waals surface area (Å²) in [4.78, 5) is 4.35. The lowest BCUT2D eigenvalue weighted by Crippen LogP contribution is -2.14. The van der Waals surface area contributed by atoms with Crippen LogP contribution in [-0.4, -0.2) is 4.98 Å². The Hall–Kier alpha value is -1.38. The fraction of sp³-hybridized carbons (Fsp3) is 0.214. The summed E-state index contributed by atoms with van der Waals surface area (Å²) in [5.41, 5.74) is 9.25. The maximum absolute atomic E-state index is 6.14. The average molecular weight is 247 g/mol. The molecule has 0 fully saturated rings. The van der Waals surface area contributed by atoms with Crippen molar-refractivity contribution in [2.75, 3.05) is 0 Å². The standard InChI is InChI=1S/C14H15ClN2/c1-10-6-7-11(17-9-10)8-14(16)12-4-2-3-5-13(12)15/h2-7,9,14H,8,16H2,1H3. The second-order valence-electron chi connectivity index (χ2n) is 4.16. The van der Waals surface area contributed by atoms with E-state index in [1.54, 1.807) is 0 Å². The predicted octanol–water partition coefficient (Wildman–Crippen LogP) is 3.29. The first-order chi connectivity index (χ1) is 8.16. The molecule has 2 aromatic rings. The van der Waals surface area contributed by atoms with E-state index in [1.807, 2.05) is 49.5 Å². The Morgan fingerprint density at radius 2 is 2.00 bits per heavy atom. The predicted molar refractivity (Wildman–Crippen MR) is 71.1 cm³/mol. The van der Waals surface area contributed by atoms with Crippen molar-refractivity contribution in [2.24, 2.45) is 5.73 Å². The summed E-state index contributed by atoms with van der Waals surface area (Å²) in [6.45, 7) is 2.02. The van der Waals surface area contributed by atoms with E-state index >= 15 is 0 Å². The third-order valence-corrected chi connectivity index (χ3v) is 3.05. The number of nitrogens with two attached hydrogens (primary N) is 1. The molecule has 3 heteroatoms. The number of nitrogens with zero attached hydrogens (tertiary/aromatic N) is 1. The zero-order valence-corrected chi connectivity index (χ0v) is 10.5. The molecule has 88 valence electrons. The van der Waals surface area contributed by atoms with Gasteiger partial charge in [0.1, 0.15) is 0 Å². The summed E-state index contributed by atoms with van der Waals surface area (Å²) >= 11 is 6.11. The molecule has 0 aliphatic heterocycles. The van der Waals surface area contributed by atoms with E-state index in [4.69, 9.17) is 17.3 Å². The molecule has 2 rings (SSSR count). The van der Waals surface area contributed by atoms with Gasteiger partial charge in [-0.1, -0.05) is 35.9 Å². The molecule has 2 N–H and O–H groups in total. The summed E-state index contributed by atoms with van der Waals surface area (Å²) in [6.07, 6.45) is 2.55. The molecule has 0 aliphatic carbocycles. The fourth-order valence-corrected chi connectivity index (χ4v) is 2.01. The van der Waals surface area contributed by atoms with Crippen molar-refractivity contribution < 1.29 is 0 Å². The number of benzene rings is 1. The molecular weight excluding hydrogens is 232 g/mol. The van der Waals surface area contributed by atoms with Gasteiger partial charge in [0.15, 0.2) is 0 Å². The van der Waals surface area contributed by atoms with Gasteiger partial charge in [0.25, 0.3) is 0 Å². The molecule has 2 nitrogen and oxygen atoms in total. The molecule has 1 aromatic carbocycles. The number of hydrogen-bond donors (Lipinski definition) is 1. The van der Waals surface area contributed by atoms with Crippen molar-refractivity contribution in [2.45, 2.75) is 19.4 Å². The van der Waals surface area contributed by atoms with Crippen LogP contribution in [0.25, 0.3) is 0 Å². The zero-order chi connectivity index (χ0) is 12.3. The van der Waals surface area contributed by atoms with Crippen molar-refractivity contribution in [3.63, 3.8) is 0 Å². The molecule has 1 heterocycles. The number of halogens is 1. The number of aromatic nitrogens is 1. The van der Waals surface area contributed by atoms with Crippen LogP contribution in [0.4, 0.5) is 0 Å². The van der Waals surface area contributed by atoms with E-state index in [-0.39, 0.29) is 6.04 Å². The third-order valence-electron chi connectivity index (χ3n) is 2.71. The number of rotatable bonds is 3. The van der Waals surface area contributed by atoms with E-state index in [9.17, 15) is 0 Å². The van der Waals surface area contributed by atoms with Crippen molar-refractivity contribution in [1.82, 2.24) is 4.98 Å². The van der Waals surface area contributed by atoms with Crippen LogP contribution >= 0.6 is 11.6 Å². The van der Waals surface area contributed by atoms with Gasteiger partial charge in [0, 0.05) is 29.4 Å². The van der Waals surface area contributed by atoms with E-state index < -0.39 is 0 Å². The van der Waals surface area contributed by atoms with Gasteiger partial charge in [0.2, 0.25) is 0 Å². The first-order valence-corrected chi connectivity index (χ1v) is 5.96. The van der Waals surface area contributed by atoms with E-state index in [2.05, 4.69) is 4.98 Å². The Morgan fingerprint density at radius 3 is 2.65 bits per heavy atom. The highest BCUT2D eigenvalue weighted by Gasteiger charge is 2.10. The third kappa shape index (κ3) is 3.05. The Balaban J connectivity index is 2.14. The highest BCUT2D eigenvalue weighted by atomic mass is 35.5. The van der Waals surface area contributed by atoms with Crippen LogP contribution in [0, 0.1) is 6.92 Å². The highest BCUT2D eigenvalue weighted by Crippen LogP contribution is 2.23. The maximum atomic E-state index is 6.14. The minimum atomic E-state index is -0.112. The topological polar surface area (TPSA) is 38.9 Å². The van der Waals surface area contributed by atoms with E-state index in [0.29, 0.717) is 11.4 Å². The molecule has 1 atom stereocenters. The Kier molecular flexibility index (Phi) is 3.77. The lowest BCUT2D eigenvalue weighted by Gasteiger charge is -2.13. The van der Waals surface area contributed by atoms with Gasteiger partial charge < -0.3 is 5.73 Å². The van der Waals surface area contributed by atoms with Gasteiger partial charge >= 0.3 is 0 Å². The van der Waals surface area contributed by atoms with Gasteiger partial charge in [-0.25, -0.2) is 0 Å². The van der Waals surface area contributed by atoms with Crippen molar-refractivity contribution in [3.05, 3.63) is 64.4 Å². The SMILES string of the molecule is Cc1ccc(CC(N)c2ccccc2Cl)nc1. The summed E-state index contributed by atoms with van der Waals surface area (Å²) in [7, 11) is 0. The molecule has 0 bridgehead atoms. The van der Waals surface area contributed by atoms with E-state index in [0.717, 1.165) is 16.8 Å². The largest absolute Gasteiger partial charge is 0.324 e. The van der Waals surface area contributed by atoms with Gasteiger partial charge in [-0.2, -0.15) is 0 Å². The Labute approximate surface area is 106 Å². The first kappa shape index (κ1) is 12.1. The van der Waals surface area contributed by atoms with Crippen LogP contribution in [0.3, 0.4) is 0 Å². The molecule has 0 aliphatic rings. The summed E-state index contributed by atoms with van der Waals surface area (Å²) in [6, 6.07) is 11.6. The van der Waals surface area contributed by atoms with Gasteiger partial charge in [-0.3, -0.25) is 4.98 Å². The minimum Gasteiger partial charge on any atom is -0.324 e. The molecule has 0 amide bonds. The molecular formula is C14H15ClN2. The van der Waals surface area contributed by atoms with Gasteiger partial charge in [-0.05, 0) is 30.2 Å². The molecule has 1 unspecified atom stereocenters. The Bertz CT molecular complexity index is 494. The second-order valence-corrected chi connectivity index (χ2v) is 4.57. The zero-order valence-electron chi connectivity index (χ0n) is 9.73. The van der Waals surface area contributed by atoms with Gasteiger partial charge in [0.05, 0.1) is 0 Å². The summed E-state index contributed by atoms with van der Waals surface area (Å²) in [5, 5.41) is 0.715. The summed E-state index contributed by atoms with van der Waals surface area (Å²) < 4.78 is 0. The summed E-state index contributed by atoms with van der Waals surface area (Å²) in [5.74, 6) is 0. The molecule has 0 spiro atoms. The van der Waals surface area contributed by atoms with Crippen molar-refractivity contribution >= 4 is 11.6 Å². The van der Waals surface area contributed by atoms with Crippen LogP contribution in [0.2, 0.25) is 5.02 Å². The minimum absolute atomic E-state index is 0.112. The second kappa shape index (κ2) is 5.30. The molecule has 0 saturated carbocycles. The molecule has 0 saturated heterocycles. The van der Waals surface area contributed by atoms with Gasteiger partial charge in [-0.15, -0.1) is 0 Å². The smallest absolute Gasteiger partial charge is 0.0453 e. The lowest BCUT2D eigenvalue weighted by atomic mass is 10.0. The van der Waals surface area contributed by atoms with Crippen LogP contribution in [0.15, 0.2) is 42.6 Å². The molecule has 0 radical (unpaired) electrons. The van der Waals surface area contributed by atoms with E-state index in [1.165, 1.54) is 0 Å². The molecule has 1 aromatic heterocycles. The van der Waals surface area contributed by atoms with Crippen LogP contribution in [0.5, 0.6) is 0 Å². The van der Waals surface area contributed by atoms with Crippen LogP contribution in [0.1, 0.15) is 22.9 Å². The number of hydrogen-bond acceptors (Lipinski definition) is 2. The highest BCUT2D eigenvalue weighted by molar-refractivity contribution is 6.31. The van der Waals surface area contributed by atoms with Crippen molar-refractivity contribution in [1.29, 1.82) is 0 Å². The number of pyridine rings is 1. The quantitative estimate of drug-likeness (QED) is 0.903. The fourth-order valence-electron chi connectivity index (χ4n) is 1.73. The maximum Gasteiger partial charge on any atom is 0.0453 e. The lowest BCUT2D eigenvalue weighted by molar-refractivity contribution is 0.706. The number of aryl methyl sites for hydroxylation is 1. The first-order valence-electron chi connectivity index (χ1n) is 5.58. The van der Waals surface area contributed by atoms with Crippen molar-refractivity contribution in [3.8, 4) is 0 Å². The Morgan fingerprint density at radius 1 is 1.24 bits per heavy atom.